The van der Waals surface area contributed by atoms with E-state index in [1.54, 1.807) is 6.20 Å². The van der Waals surface area contributed by atoms with Gasteiger partial charge in [-0.3, -0.25) is 4.90 Å². The van der Waals surface area contributed by atoms with Crippen molar-refractivity contribution in [2.24, 2.45) is 0 Å². The van der Waals surface area contributed by atoms with Gasteiger partial charge in [-0.25, -0.2) is 9.37 Å². The van der Waals surface area contributed by atoms with Crippen LogP contribution in [0.3, 0.4) is 0 Å². The van der Waals surface area contributed by atoms with E-state index in [2.05, 4.69) is 38.7 Å². The Morgan fingerprint density at radius 1 is 1.20 bits per heavy atom. The Morgan fingerprint density at radius 2 is 2.00 bits per heavy atom. The second-order valence-corrected chi connectivity index (χ2v) is 14.8. The second kappa shape index (κ2) is 10.7. The van der Waals surface area contributed by atoms with E-state index in [0.29, 0.717) is 66.2 Å². The summed E-state index contributed by atoms with van der Waals surface area (Å²) in [6, 6.07) is 8.78. The summed E-state index contributed by atoms with van der Waals surface area (Å²) in [6.07, 6.45) is 6.88. The predicted molar refractivity (Wildman–Crippen MR) is 174 cm³/mol. The van der Waals surface area contributed by atoms with E-state index >= 15 is 0 Å². The number of aryl methyl sites for hydroxylation is 1. The van der Waals surface area contributed by atoms with Gasteiger partial charge in [0.25, 0.3) is 0 Å². The zero-order valence-corrected chi connectivity index (χ0v) is 26.7. The van der Waals surface area contributed by atoms with Crippen LogP contribution in [0.4, 0.5) is 26.8 Å². The lowest BCUT2D eigenvalue weighted by atomic mass is 9.74. The van der Waals surface area contributed by atoms with Crippen LogP contribution in [-0.4, -0.2) is 70.4 Å². The maximum Gasteiger partial charge on any atom is 0.320 e. The van der Waals surface area contributed by atoms with E-state index in [4.69, 9.17) is 26.2 Å². The minimum Gasteiger partial charge on any atom is -0.461 e. The molecule has 6 heterocycles. The average molecular weight is 641 g/mol. The highest BCUT2D eigenvalue weighted by Gasteiger charge is 2.53. The lowest BCUT2D eigenvalue weighted by Crippen LogP contribution is -2.59. The number of aromatic nitrogens is 3. The molecule has 1 saturated carbocycles. The molecule has 2 unspecified atom stereocenters. The lowest BCUT2D eigenvalue weighted by Gasteiger charge is -2.49. The molecular formula is C33H37FN10OS. The number of pyridine rings is 1. The largest absolute Gasteiger partial charge is 0.461 e. The van der Waals surface area contributed by atoms with Gasteiger partial charge in [-0.15, -0.1) is 11.3 Å². The van der Waals surface area contributed by atoms with Crippen LogP contribution in [0.25, 0.3) is 0 Å². The number of nitriles is 2. The van der Waals surface area contributed by atoms with Crippen LogP contribution in [0.5, 0.6) is 6.01 Å². The van der Waals surface area contributed by atoms with Gasteiger partial charge in [0.1, 0.15) is 41.3 Å². The molecule has 3 atom stereocenters. The third-order valence-electron chi connectivity index (χ3n) is 10.9. The summed E-state index contributed by atoms with van der Waals surface area (Å²) in [5.41, 5.74) is 14.9. The van der Waals surface area contributed by atoms with Crippen molar-refractivity contribution in [3.8, 4) is 18.1 Å². The van der Waals surface area contributed by atoms with Crippen LogP contribution in [0, 0.1) is 22.7 Å². The molecule has 3 aromatic heterocycles. The van der Waals surface area contributed by atoms with Crippen LogP contribution >= 0.6 is 11.3 Å². The van der Waals surface area contributed by atoms with E-state index in [-0.39, 0.29) is 29.0 Å². The summed E-state index contributed by atoms with van der Waals surface area (Å²) < 4.78 is 21.0. The van der Waals surface area contributed by atoms with E-state index in [1.165, 1.54) is 16.2 Å². The normalized spacial score (nSPS) is 25.0. The highest BCUT2D eigenvalue weighted by molar-refractivity contribution is 7.16. The highest BCUT2D eigenvalue weighted by Crippen LogP contribution is 2.53. The van der Waals surface area contributed by atoms with Gasteiger partial charge < -0.3 is 26.0 Å². The monoisotopic (exact) mass is 640 g/mol. The molecule has 8 rings (SSSR count). The molecule has 0 bridgehead atoms. The number of hydrogen-bond donors (Lipinski definition) is 2. The number of nitrogens with two attached hydrogens (primary N) is 2. The number of ether oxygens (including phenoxy) is 1. The van der Waals surface area contributed by atoms with E-state index in [1.807, 2.05) is 12.1 Å². The van der Waals surface area contributed by atoms with E-state index in [0.717, 1.165) is 56.2 Å². The van der Waals surface area contributed by atoms with Gasteiger partial charge in [0.15, 0.2) is 11.6 Å². The Hall–Kier alpha value is -4.20. The van der Waals surface area contributed by atoms with Gasteiger partial charge in [0, 0.05) is 54.1 Å². The molecule has 13 heteroatoms. The fourth-order valence-electron chi connectivity index (χ4n) is 8.58. The number of thiophene rings is 1. The molecule has 4 N–H and O–H groups in total. The van der Waals surface area contributed by atoms with E-state index < -0.39 is 6.17 Å². The molecule has 1 spiro atoms. The first kappa shape index (κ1) is 29.2. The smallest absolute Gasteiger partial charge is 0.320 e. The topological polar surface area (TPSA) is 157 Å². The van der Waals surface area contributed by atoms with Crippen molar-refractivity contribution in [1.82, 2.24) is 19.9 Å². The van der Waals surface area contributed by atoms with Crippen LogP contribution in [-0.2, 0) is 11.8 Å². The summed E-state index contributed by atoms with van der Waals surface area (Å²) in [6.45, 7) is 4.89. The van der Waals surface area contributed by atoms with Crippen LogP contribution in [0.1, 0.15) is 78.6 Å². The molecule has 11 nitrogen and oxygen atoms in total. The van der Waals surface area contributed by atoms with Crippen molar-refractivity contribution < 1.29 is 9.13 Å². The molecule has 3 aliphatic heterocycles. The summed E-state index contributed by atoms with van der Waals surface area (Å²) in [7, 11) is 0. The fraction of sp³-hybridized carbons (Fsp3) is 0.545. The quantitative estimate of drug-likeness (QED) is 0.363. The molecule has 4 fully saturated rings. The molecule has 238 valence electrons. The SMILES string of the molecule is CC(c1cccnc1N)N(c1nc(OC[C@@]23CCCN2CC(F)C3)nc(N2CC3(CCc4sc(N)c(C#N)c43)C2)c1C#N)C1CC1. The van der Waals surface area contributed by atoms with Gasteiger partial charge in [0.05, 0.1) is 17.1 Å². The van der Waals surface area contributed by atoms with Crippen molar-refractivity contribution in [3.05, 3.63) is 45.5 Å². The van der Waals surface area contributed by atoms with Crippen molar-refractivity contribution in [2.45, 2.75) is 81.1 Å². The van der Waals surface area contributed by atoms with Gasteiger partial charge >= 0.3 is 6.01 Å². The molecule has 2 aliphatic carbocycles. The van der Waals surface area contributed by atoms with Crippen molar-refractivity contribution in [2.75, 3.05) is 54.1 Å². The minimum absolute atomic E-state index is 0.176. The maximum atomic E-state index is 14.6. The fourth-order valence-corrected chi connectivity index (χ4v) is 9.72. The molecular weight excluding hydrogens is 603 g/mol. The number of halogens is 1. The predicted octanol–water partition coefficient (Wildman–Crippen LogP) is 4.23. The molecule has 3 saturated heterocycles. The van der Waals surface area contributed by atoms with Crippen molar-refractivity contribution >= 4 is 33.8 Å². The first-order valence-corrected chi connectivity index (χ1v) is 17.0. The first-order chi connectivity index (χ1) is 22.3. The van der Waals surface area contributed by atoms with E-state index in [9.17, 15) is 14.9 Å². The zero-order valence-electron chi connectivity index (χ0n) is 25.9. The number of nitrogen functional groups attached to an aromatic ring is 2. The molecule has 0 amide bonds. The summed E-state index contributed by atoms with van der Waals surface area (Å²) >= 11 is 1.52. The number of rotatable bonds is 8. The van der Waals surface area contributed by atoms with Crippen molar-refractivity contribution in [1.29, 1.82) is 10.5 Å². The van der Waals surface area contributed by atoms with Crippen LogP contribution in [0.15, 0.2) is 18.3 Å². The molecule has 0 radical (unpaired) electrons. The number of hydrogen-bond acceptors (Lipinski definition) is 12. The van der Waals surface area contributed by atoms with Gasteiger partial charge in [0.2, 0.25) is 0 Å². The van der Waals surface area contributed by atoms with Crippen molar-refractivity contribution in [3.63, 3.8) is 0 Å². The summed E-state index contributed by atoms with van der Waals surface area (Å²) in [5, 5.41) is 21.2. The molecule has 5 aliphatic rings. The standard InChI is InChI=1S/C33H37FN10OS/c1-19(22-4-2-10-39-27(22)37)44(21-5-6-21)30-24(14-36)29(40-31(41-30)45-18-33-8-3-11-43(33)15-20(34)12-33)42-16-32(17-42)9-7-25-26(32)23(13-35)28(38)46-25/h2,4,10,19-21H,3,5-9,11-12,15-18,38H2,1H3,(H2,37,39)/t19?,20?,33-/m0/s1. The number of anilines is 4. The molecule has 0 aromatic carbocycles. The summed E-state index contributed by atoms with van der Waals surface area (Å²) in [5.74, 6) is 1.48. The Balaban J connectivity index is 1.18. The van der Waals surface area contributed by atoms with Crippen LogP contribution < -0.4 is 26.0 Å². The van der Waals surface area contributed by atoms with Gasteiger partial charge in [-0.05, 0) is 63.6 Å². The van der Waals surface area contributed by atoms with Gasteiger partial charge in [-0.1, -0.05) is 6.07 Å². The molecule has 46 heavy (non-hydrogen) atoms. The minimum atomic E-state index is -0.869. The van der Waals surface area contributed by atoms with Crippen LogP contribution in [0.2, 0.25) is 0 Å². The third-order valence-corrected chi connectivity index (χ3v) is 12.0. The Morgan fingerprint density at radius 3 is 2.74 bits per heavy atom. The number of fused-ring (bicyclic) bond motifs is 3. The summed E-state index contributed by atoms with van der Waals surface area (Å²) in [4.78, 5) is 21.8. The molecule has 3 aromatic rings. The lowest BCUT2D eigenvalue weighted by molar-refractivity contribution is 0.107. The Bertz CT molecular complexity index is 1790. The van der Waals surface area contributed by atoms with Gasteiger partial charge in [-0.2, -0.15) is 20.5 Å². The highest BCUT2D eigenvalue weighted by atomic mass is 32.1. The second-order valence-electron chi connectivity index (χ2n) is 13.7. The maximum absolute atomic E-state index is 14.6. The average Bonchev–Trinajstić information content (AvgIpc) is 3.39. The number of alkyl halides is 1. The zero-order chi connectivity index (χ0) is 31.8. The third kappa shape index (κ3) is 4.47. The number of nitrogens with zero attached hydrogens (tertiary/aromatic N) is 8. The Labute approximate surface area is 271 Å². The Kier molecular flexibility index (Phi) is 6.78. The first-order valence-electron chi connectivity index (χ1n) is 16.2.